The lowest BCUT2D eigenvalue weighted by atomic mass is 10.1. The van der Waals surface area contributed by atoms with Crippen molar-refractivity contribution in [3.63, 3.8) is 0 Å². The summed E-state index contributed by atoms with van der Waals surface area (Å²) >= 11 is 1.42. The van der Waals surface area contributed by atoms with Gasteiger partial charge in [0, 0.05) is 7.05 Å². The Hall–Kier alpha value is -1.12. The van der Waals surface area contributed by atoms with Gasteiger partial charge in [-0.1, -0.05) is 11.3 Å². The second-order valence-corrected chi connectivity index (χ2v) is 4.24. The molecule has 0 unspecified atom stereocenters. The largest absolute Gasteiger partial charge is 0.365 e. The molecule has 0 bridgehead atoms. The molecule has 14 heavy (non-hydrogen) atoms. The molecule has 0 radical (unpaired) electrons. The Morgan fingerprint density at radius 1 is 1.71 bits per heavy atom. The van der Waals surface area contributed by atoms with Crippen LogP contribution in [0.2, 0.25) is 0 Å². The first-order valence-electron chi connectivity index (χ1n) is 4.67. The Bertz CT molecular complexity index is 359. The van der Waals surface area contributed by atoms with E-state index in [1.54, 1.807) is 0 Å². The Morgan fingerprint density at radius 3 is 3.14 bits per heavy atom. The van der Waals surface area contributed by atoms with Gasteiger partial charge in [-0.15, -0.1) is 0 Å². The van der Waals surface area contributed by atoms with Crippen LogP contribution in [0.15, 0.2) is 0 Å². The maximum atomic E-state index is 8.95. The number of nitrogens with one attached hydrogen (secondary N) is 2. The number of hydrogen-bond acceptors (Lipinski definition) is 5. The third kappa shape index (κ3) is 1.59. The van der Waals surface area contributed by atoms with Crippen LogP contribution in [0.1, 0.15) is 29.5 Å². The molecule has 1 aromatic heterocycles. The minimum absolute atomic E-state index is 0.281. The summed E-state index contributed by atoms with van der Waals surface area (Å²) in [6.45, 7) is 1.03. The molecule has 1 aliphatic rings. The topological polar surface area (TPSA) is 60.7 Å². The van der Waals surface area contributed by atoms with Crippen molar-refractivity contribution in [2.24, 2.45) is 0 Å². The third-order valence-electron chi connectivity index (χ3n) is 2.36. The smallest absolute Gasteiger partial charge is 0.183 e. The average Bonchev–Trinajstić information content (AvgIpc) is 2.85. The summed E-state index contributed by atoms with van der Waals surface area (Å²) in [6.07, 6.45) is 2.25. The van der Waals surface area contributed by atoms with Crippen LogP contribution in [0.4, 0.5) is 5.13 Å². The average molecular weight is 208 g/mol. The predicted molar refractivity (Wildman–Crippen MR) is 56.4 cm³/mol. The van der Waals surface area contributed by atoms with E-state index >= 15 is 0 Å². The van der Waals surface area contributed by atoms with E-state index in [2.05, 4.69) is 21.7 Å². The molecule has 0 amide bonds. The molecule has 1 aromatic rings. The van der Waals surface area contributed by atoms with Gasteiger partial charge < -0.3 is 10.6 Å². The molecule has 2 rings (SSSR count). The lowest BCUT2D eigenvalue weighted by Crippen LogP contribution is -2.14. The van der Waals surface area contributed by atoms with Crippen molar-refractivity contribution in [3.05, 3.63) is 10.6 Å². The molecule has 0 saturated carbocycles. The normalized spacial score (nSPS) is 20.7. The molecule has 1 aliphatic heterocycles. The molecule has 4 nitrogen and oxygen atoms in total. The first-order valence-corrected chi connectivity index (χ1v) is 5.48. The van der Waals surface area contributed by atoms with Crippen molar-refractivity contribution in [1.82, 2.24) is 10.3 Å². The summed E-state index contributed by atoms with van der Waals surface area (Å²) in [5, 5.41) is 16.1. The van der Waals surface area contributed by atoms with Gasteiger partial charge in [0.2, 0.25) is 0 Å². The van der Waals surface area contributed by atoms with E-state index in [4.69, 9.17) is 5.26 Å². The number of nitriles is 1. The van der Waals surface area contributed by atoms with Crippen molar-refractivity contribution >= 4 is 16.5 Å². The van der Waals surface area contributed by atoms with Gasteiger partial charge >= 0.3 is 0 Å². The van der Waals surface area contributed by atoms with Gasteiger partial charge in [-0.3, -0.25) is 0 Å². The minimum atomic E-state index is 0.281. The predicted octanol–water partition coefficient (Wildman–Crippen LogP) is 1.48. The molecule has 0 spiro atoms. The van der Waals surface area contributed by atoms with E-state index < -0.39 is 0 Å². The molecule has 1 saturated heterocycles. The van der Waals surface area contributed by atoms with Gasteiger partial charge in [0.05, 0.1) is 11.7 Å². The van der Waals surface area contributed by atoms with Gasteiger partial charge in [-0.05, 0) is 19.4 Å². The van der Waals surface area contributed by atoms with Gasteiger partial charge in [0.1, 0.15) is 10.9 Å². The van der Waals surface area contributed by atoms with E-state index in [-0.39, 0.29) is 6.04 Å². The second kappa shape index (κ2) is 3.95. The highest BCUT2D eigenvalue weighted by atomic mass is 32.1. The number of nitrogens with zero attached hydrogens (tertiary/aromatic N) is 2. The molecule has 74 valence electrons. The van der Waals surface area contributed by atoms with Gasteiger partial charge in [0.15, 0.2) is 5.13 Å². The van der Waals surface area contributed by atoms with Gasteiger partial charge in [-0.25, -0.2) is 4.98 Å². The quantitative estimate of drug-likeness (QED) is 0.773. The zero-order valence-corrected chi connectivity index (χ0v) is 8.82. The van der Waals surface area contributed by atoms with Crippen LogP contribution in [0.25, 0.3) is 0 Å². The molecule has 5 heteroatoms. The summed E-state index contributed by atoms with van der Waals surface area (Å²) in [5.74, 6) is 0. The summed E-state index contributed by atoms with van der Waals surface area (Å²) in [7, 11) is 1.83. The van der Waals surface area contributed by atoms with Crippen molar-refractivity contribution in [3.8, 4) is 6.07 Å². The third-order valence-corrected chi connectivity index (χ3v) is 3.35. The van der Waals surface area contributed by atoms with E-state index in [1.165, 1.54) is 17.8 Å². The summed E-state index contributed by atoms with van der Waals surface area (Å²) in [5.41, 5.74) is 0.916. The zero-order chi connectivity index (χ0) is 9.97. The van der Waals surface area contributed by atoms with Crippen LogP contribution in [0.3, 0.4) is 0 Å². The fourth-order valence-corrected chi connectivity index (χ4v) is 2.45. The Morgan fingerprint density at radius 2 is 2.57 bits per heavy atom. The standard InChI is InChI=1S/C9H12N4S/c1-11-9-13-8(7(5-10)14-9)6-3-2-4-12-6/h6,12H,2-4H2,1H3,(H,11,13)/t6-/m1/s1. The fourth-order valence-electron chi connectivity index (χ4n) is 1.67. The van der Waals surface area contributed by atoms with Crippen LogP contribution < -0.4 is 10.6 Å². The van der Waals surface area contributed by atoms with E-state index in [0.717, 1.165) is 28.7 Å². The molecule has 2 N–H and O–H groups in total. The molecular weight excluding hydrogens is 196 g/mol. The lowest BCUT2D eigenvalue weighted by Gasteiger charge is -2.05. The monoisotopic (exact) mass is 208 g/mol. The summed E-state index contributed by atoms with van der Waals surface area (Å²) < 4.78 is 0. The number of thiazole rings is 1. The highest BCUT2D eigenvalue weighted by Crippen LogP contribution is 2.30. The molecule has 1 fully saturated rings. The van der Waals surface area contributed by atoms with Crippen LogP contribution in [-0.4, -0.2) is 18.6 Å². The Labute approximate surface area is 87.0 Å². The molecular formula is C9H12N4S. The van der Waals surface area contributed by atoms with Gasteiger partial charge in [0.25, 0.3) is 0 Å². The van der Waals surface area contributed by atoms with Crippen molar-refractivity contribution in [1.29, 1.82) is 5.26 Å². The van der Waals surface area contributed by atoms with Crippen LogP contribution in [0.5, 0.6) is 0 Å². The number of hydrogen-bond donors (Lipinski definition) is 2. The highest BCUT2D eigenvalue weighted by molar-refractivity contribution is 7.16. The van der Waals surface area contributed by atoms with E-state index in [0.29, 0.717) is 0 Å². The SMILES string of the molecule is CNc1nc([C@H]2CCCN2)c(C#N)s1. The van der Waals surface area contributed by atoms with Gasteiger partial charge in [-0.2, -0.15) is 5.26 Å². The highest BCUT2D eigenvalue weighted by Gasteiger charge is 2.23. The Kier molecular flexibility index (Phi) is 2.66. The van der Waals surface area contributed by atoms with Crippen molar-refractivity contribution in [2.75, 3.05) is 18.9 Å². The first-order chi connectivity index (χ1) is 6.85. The van der Waals surface area contributed by atoms with Crippen LogP contribution >= 0.6 is 11.3 Å². The minimum Gasteiger partial charge on any atom is -0.365 e. The van der Waals surface area contributed by atoms with Crippen molar-refractivity contribution in [2.45, 2.75) is 18.9 Å². The number of rotatable bonds is 2. The zero-order valence-electron chi connectivity index (χ0n) is 8.00. The summed E-state index contributed by atoms with van der Waals surface area (Å²) in [4.78, 5) is 5.13. The number of aromatic nitrogens is 1. The fraction of sp³-hybridized carbons (Fsp3) is 0.556. The second-order valence-electron chi connectivity index (χ2n) is 3.24. The number of anilines is 1. The molecule has 0 aromatic carbocycles. The molecule has 2 heterocycles. The van der Waals surface area contributed by atoms with E-state index in [1.807, 2.05) is 7.05 Å². The lowest BCUT2D eigenvalue weighted by molar-refractivity contribution is 0.631. The Balaban J connectivity index is 2.31. The first kappa shape index (κ1) is 9.44. The maximum Gasteiger partial charge on any atom is 0.183 e. The molecule has 1 atom stereocenters. The van der Waals surface area contributed by atoms with E-state index in [9.17, 15) is 0 Å². The summed E-state index contributed by atoms with van der Waals surface area (Å²) in [6, 6.07) is 2.48. The van der Waals surface area contributed by atoms with Crippen molar-refractivity contribution < 1.29 is 0 Å². The van der Waals surface area contributed by atoms with Crippen LogP contribution in [0, 0.1) is 11.3 Å². The van der Waals surface area contributed by atoms with Crippen LogP contribution in [-0.2, 0) is 0 Å². The molecule has 0 aliphatic carbocycles. The maximum absolute atomic E-state index is 8.95.